The summed E-state index contributed by atoms with van der Waals surface area (Å²) in [6.45, 7) is 2.52. The molecule has 0 amide bonds. The zero-order valence-electron chi connectivity index (χ0n) is 11.2. The molecule has 0 aliphatic rings. The van der Waals surface area contributed by atoms with Crippen LogP contribution in [-0.2, 0) is 16.6 Å². The van der Waals surface area contributed by atoms with Crippen molar-refractivity contribution < 1.29 is 8.42 Å². The van der Waals surface area contributed by atoms with Crippen LogP contribution in [0.15, 0.2) is 45.8 Å². The van der Waals surface area contributed by atoms with Crippen molar-refractivity contribution in [2.24, 2.45) is 5.14 Å². The Bertz CT molecular complexity index is 779. The van der Waals surface area contributed by atoms with Crippen molar-refractivity contribution in [1.29, 1.82) is 0 Å². The number of benzene rings is 2. The van der Waals surface area contributed by atoms with Crippen LogP contribution in [0.2, 0.25) is 5.02 Å². The minimum Gasteiger partial charge on any atom is -0.380 e. The Kier molecular flexibility index (Phi) is 4.93. The van der Waals surface area contributed by atoms with Gasteiger partial charge in [0.2, 0.25) is 10.0 Å². The molecule has 0 bridgehead atoms. The molecule has 0 radical (unpaired) electrons. The van der Waals surface area contributed by atoms with Gasteiger partial charge in [-0.2, -0.15) is 0 Å². The minimum absolute atomic E-state index is 0.0253. The number of hydrogen-bond donors (Lipinski definition) is 2. The quantitative estimate of drug-likeness (QED) is 0.838. The van der Waals surface area contributed by atoms with Gasteiger partial charge in [-0.05, 0) is 42.3 Å². The lowest BCUT2D eigenvalue weighted by atomic mass is 10.1. The summed E-state index contributed by atoms with van der Waals surface area (Å²) in [6, 6.07) is 10.3. The molecule has 0 aromatic heterocycles. The molecule has 2 rings (SSSR count). The van der Waals surface area contributed by atoms with E-state index in [-0.39, 0.29) is 4.90 Å². The SMILES string of the molecule is Cc1ccc(CNc2cc(S(N)(=O)=O)ccc2Cl)c(Br)c1. The Hall–Kier alpha value is -1.08. The van der Waals surface area contributed by atoms with E-state index >= 15 is 0 Å². The van der Waals surface area contributed by atoms with Gasteiger partial charge in [0.1, 0.15) is 0 Å². The third kappa shape index (κ3) is 4.20. The Labute approximate surface area is 137 Å². The normalized spacial score (nSPS) is 11.4. The van der Waals surface area contributed by atoms with Crippen LogP contribution in [0.1, 0.15) is 11.1 Å². The van der Waals surface area contributed by atoms with Gasteiger partial charge in [0.25, 0.3) is 0 Å². The highest BCUT2D eigenvalue weighted by atomic mass is 79.9. The van der Waals surface area contributed by atoms with E-state index < -0.39 is 10.0 Å². The van der Waals surface area contributed by atoms with Crippen molar-refractivity contribution in [3.8, 4) is 0 Å². The number of halogens is 2. The summed E-state index contributed by atoms with van der Waals surface area (Å²) in [5.74, 6) is 0. The van der Waals surface area contributed by atoms with E-state index in [1.807, 2.05) is 25.1 Å². The second kappa shape index (κ2) is 6.36. The molecule has 0 unspecified atom stereocenters. The van der Waals surface area contributed by atoms with Gasteiger partial charge in [0.15, 0.2) is 0 Å². The van der Waals surface area contributed by atoms with Crippen molar-refractivity contribution in [2.45, 2.75) is 18.4 Å². The van der Waals surface area contributed by atoms with Crippen molar-refractivity contribution in [3.05, 3.63) is 57.0 Å². The van der Waals surface area contributed by atoms with E-state index in [0.717, 1.165) is 15.6 Å². The number of anilines is 1. The first-order valence-corrected chi connectivity index (χ1v) is 8.80. The minimum atomic E-state index is -3.75. The van der Waals surface area contributed by atoms with Crippen LogP contribution in [0, 0.1) is 6.92 Å². The average Bonchev–Trinajstić information content (AvgIpc) is 2.38. The average molecular weight is 390 g/mol. The summed E-state index contributed by atoms with van der Waals surface area (Å²) >= 11 is 9.56. The number of aryl methyl sites for hydroxylation is 1. The molecule has 0 saturated heterocycles. The fourth-order valence-electron chi connectivity index (χ4n) is 1.80. The van der Waals surface area contributed by atoms with Crippen LogP contribution in [0.25, 0.3) is 0 Å². The van der Waals surface area contributed by atoms with Crippen LogP contribution >= 0.6 is 27.5 Å². The largest absolute Gasteiger partial charge is 0.380 e. The van der Waals surface area contributed by atoms with Crippen LogP contribution in [0.5, 0.6) is 0 Å². The van der Waals surface area contributed by atoms with Gasteiger partial charge in [-0.1, -0.05) is 39.7 Å². The van der Waals surface area contributed by atoms with Gasteiger partial charge < -0.3 is 5.32 Å². The number of hydrogen-bond acceptors (Lipinski definition) is 3. The first-order chi connectivity index (χ1) is 9.77. The lowest BCUT2D eigenvalue weighted by Crippen LogP contribution is -2.12. The van der Waals surface area contributed by atoms with E-state index in [9.17, 15) is 8.42 Å². The van der Waals surface area contributed by atoms with Crippen LogP contribution in [0.4, 0.5) is 5.69 Å². The smallest absolute Gasteiger partial charge is 0.238 e. The van der Waals surface area contributed by atoms with E-state index in [0.29, 0.717) is 17.3 Å². The van der Waals surface area contributed by atoms with Gasteiger partial charge in [-0.3, -0.25) is 0 Å². The predicted octanol–water partition coefficient (Wildman–Crippen LogP) is 3.67. The number of nitrogens with two attached hydrogens (primary N) is 1. The Morgan fingerprint density at radius 3 is 2.57 bits per heavy atom. The summed E-state index contributed by atoms with van der Waals surface area (Å²) < 4.78 is 23.7. The molecule has 0 spiro atoms. The molecule has 0 heterocycles. The molecule has 0 atom stereocenters. The molecule has 2 aromatic carbocycles. The maximum Gasteiger partial charge on any atom is 0.238 e. The highest BCUT2D eigenvalue weighted by Crippen LogP contribution is 2.26. The highest BCUT2D eigenvalue weighted by Gasteiger charge is 2.11. The fourth-order valence-corrected chi connectivity index (χ4v) is 3.16. The summed E-state index contributed by atoms with van der Waals surface area (Å²) in [6.07, 6.45) is 0. The second-order valence-electron chi connectivity index (χ2n) is 4.64. The van der Waals surface area contributed by atoms with Crippen molar-refractivity contribution >= 4 is 43.2 Å². The molecule has 0 saturated carbocycles. The molecule has 0 fully saturated rings. The molecule has 4 nitrogen and oxygen atoms in total. The standard InChI is InChI=1S/C14H14BrClN2O2S/c1-9-2-3-10(12(15)6-9)8-18-14-7-11(21(17,19)20)4-5-13(14)16/h2-7,18H,8H2,1H3,(H2,17,19,20). The Morgan fingerprint density at radius 2 is 1.95 bits per heavy atom. The zero-order chi connectivity index (χ0) is 15.6. The van der Waals surface area contributed by atoms with E-state index in [1.165, 1.54) is 18.2 Å². The molecule has 0 aliphatic heterocycles. The first-order valence-electron chi connectivity index (χ1n) is 6.08. The molecule has 3 N–H and O–H groups in total. The highest BCUT2D eigenvalue weighted by molar-refractivity contribution is 9.10. The lowest BCUT2D eigenvalue weighted by Gasteiger charge is -2.11. The second-order valence-corrected chi connectivity index (χ2v) is 7.46. The Balaban J connectivity index is 2.23. The number of rotatable bonds is 4. The molecular weight excluding hydrogens is 376 g/mol. The summed E-state index contributed by atoms with van der Waals surface area (Å²) in [5, 5.41) is 8.67. The van der Waals surface area contributed by atoms with Crippen molar-refractivity contribution in [2.75, 3.05) is 5.32 Å². The van der Waals surface area contributed by atoms with E-state index in [2.05, 4.69) is 21.2 Å². The van der Waals surface area contributed by atoms with Crippen LogP contribution in [0.3, 0.4) is 0 Å². The van der Waals surface area contributed by atoms with Gasteiger partial charge >= 0.3 is 0 Å². The molecule has 2 aromatic rings. The molecule has 0 aliphatic carbocycles. The van der Waals surface area contributed by atoms with Gasteiger partial charge in [-0.25, -0.2) is 13.6 Å². The molecule has 112 valence electrons. The molecular formula is C14H14BrClN2O2S. The summed E-state index contributed by atoms with van der Waals surface area (Å²) in [4.78, 5) is 0.0253. The van der Waals surface area contributed by atoms with E-state index in [1.54, 1.807) is 0 Å². The first kappa shape index (κ1) is 16.3. The van der Waals surface area contributed by atoms with Gasteiger partial charge in [0.05, 0.1) is 15.6 Å². The lowest BCUT2D eigenvalue weighted by molar-refractivity contribution is 0.598. The summed E-state index contributed by atoms with van der Waals surface area (Å²) in [5.41, 5.74) is 2.72. The Morgan fingerprint density at radius 1 is 1.24 bits per heavy atom. The van der Waals surface area contributed by atoms with Gasteiger partial charge in [0, 0.05) is 11.0 Å². The summed E-state index contributed by atoms with van der Waals surface area (Å²) in [7, 11) is -3.75. The molecule has 7 heteroatoms. The monoisotopic (exact) mass is 388 g/mol. The number of primary sulfonamides is 1. The molecule has 21 heavy (non-hydrogen) atoms. The number of nitrogens with one attached hydrogen (secondary N) is 1. The third-order valence-corrected chi connectivity index (χ3v) is 4.92. The van der Waals surface area contributed by atoms with Crippen molar-refractivity contribution in [3.63, 3.8) is 0 Å². The maximum absolute atomic E-state index is 11.4. The zero-order valence-corrected chi connectivity index (χ0v) is 14.4. The topological polar surface area (TPSA) is 72.2 Å². The van der Waals surface area contributed by atoms with Crippen molar-refractivity contribution in [1.82, 2.24) is 0 Å². The van der Waals surface area contributed by atoms with Gasteiger partial charge in [-0.15, -0.1) is 0 Å². The number of sulfonamides is 1. The van der Waals surface area contributed by atoms with Crippen LogP contribution < -0.4 is 10.5 Å². The third-order valence-electron chi connectivity index (χ3n) is 2.94. The fraction of sp³-hybridized carbons (Fsp3) is 0.143. The van der Waals surface area contributed by atoms with Crippen LogP contribution in [-0.4, -0.2) is 8.42 Å². The predicted molar refractivity (Wildman–Crippen MR) is 89.0 cm³/mol. The maximum atomic E-state index is 11.4. The van der Waals surface area contributed by atoms with E-state index in [4.69, 9.17) is 16.7 Å².